The first-order valence-electron chi connectivity index (χ1n) is 15.7. The van der Waals surface area contributed by atoms with Gasteiger partial charge >= 0.3 is 11.9 Å². The predicted molar refractivity (Wildman–Crippen MR) is 159 cm³/mol. The van der Waals surface area contributed by atoms with Crippen LogP contribution in [0.3, 0.4) is 0 Å². The van der Waals surface area contributed by atoms with Crippen LogP contribution in [0.5, 0.6) is 11.5 Å². The van der Waals surface area contributed by atoms with E-state index in [0.717, 1.165) is 76.3 Å². The van der Waals surface area contributed by atoms with Crippen molar-refractivity contribution >= 4 is 22.8 Å². The Morgan fingerprint density at radius 3 is 1.81 bits per heavy atom. The molecule has 1 heterocycles. The summed E-state index contributed by atoms with van der Waals surface area (Å²) < 4.78 is 39.5. The van der Waals surface area contributed by atoms with Gasteiger partial charge in [0.2, 0.25) is 0 Å². The number of hydrogen-bond donors (Lipinski definition) is 0. The van der Waals surface area contributed by atoms with Gasteiger partial charge in [-0.15, -0.1) is 0 Å². The Labute approximate surface area is 247 Å². The first kappa shape index (κ1) is 30.1. The summed E-state index contributed by atoms with van der Waals surface area (Å²) in [6, 6.07) is 10.3. The number of fused-ring (bicyclic) bond motifs is 1. The zero-order chi connectivity index (χ0) is 29.6. The number of carbonyl (C=O) groups is 2. The molecule has 2 saturated carbocycles. The van der Waals surface area contributed by atoms with Crippen LogP contribution in [0.25, 0.3) is 22.2 Å². The predicted octanol–water partition coefficient (Wildman–Crippen LogP) is 9.20. The number of rotatable bonds is 9. The Morgan fingerprint density at radius 2 is 1.26 bits per heavy atom. The fraction of sp³-hybridized carbons (Fsp3) is 0.514. The molecule has 5 nitrogen and oxygen atoms in total. The summed E-state index contributed by atoms with van der Waals surface area (Å²) in [5, 5.41) is 0.520. The van der Waals surface area contributed by atoms with E-state index in [1.807, 2.05) is 0 Å². The Morgan fingerprint density at radius 1 is 0.714 bits per heavy atom. The lowest BCUT2D eigenvalue weighted by molar-refractivity contribution is -0.141. The van der Waals surface area contributed by atoms with E-state index in [1.54, 1.807) is 24.3 Å². The highest BCUT2D eigenvalue weighted by Gasteiger charge is 2.30. The van der Waals surface area contributed by atoms with Gasteiger partial charge in [0.1, 0.15) is 11.3 Å². The smallest absolute Gasteiger partial charge is 0.314 e. The summed E-state index contributed by atoms with van der Waals surface area (Å²) in [6.45, 7) is 4.38. The third-order valence-electron chi connectivity index (χ3n) is 9.17. The molecule has 2 aliphatic carbocycles. The fourth-order valence-corrected chi connectivity index (χ4v) is 6.73. The van der Waals surface area contributed by atoms with Crippen molar-refractivity contribution in [3.05, 3.63) is 54.1 Å². The molecule has 0 N–H and O–H groups in total. The number of esters is 2. The second kappa shape index (κ2) is 13.7. The number of halogens is 2. The normalized spacial score (nSPS) is 22.6. The molecule has 5 rings (SSSR count). The van der Waals surface area contributed by atoms with Crippen molar-refractivity contribution in [3.8, 4) is 22.8 Å². The zero-order valence-corrected chi connectivity index (χ0v) is 24.7. The highest BCUT2D eigenvalue weighted by molar-refractivity contribution is 5.95. The summed E-state index contributed by atoms with van der Waals surface area (Å²) in [5.41, 5.74) is 1.10. The first-order chi connectivity index (χ1) is 20.4. The fourth-order valence-electron chi connectivity index (χ4n) is 6.73. The minimum atomic E-state index is -0.976. The Bertz CT molecular complexity index is 1410. The molecule has 0 aliphatic heterocycles. The van der Waals surface area contributed by atoms with E-state index < -0.39 is 11.6 Å². The van der Waals surface area contributed by atoms with Crippen LogP contribution in [-0.4, -0.2) is 16.9 Å². The Kier molecular flexibility index (Phi) is 9.86. The highest BCUT2D eigenvalue weighted by Crippen LogP contribution is 2.38. The SMILES string of the molecule is CCCC1CCC(C(=O)Oc2ccc(OC(=O)C3CCC(CCC)CC3)c3nc(-c4ccc(F)c(F)c4)ccc23)CC1. The molecule has 3 aromatic rings. The van der Waals surface area contributed by atoms with E-state index in [1.165, 1.54) is 18.9 Å². The monoisotopic (exact) mass is 577 g/mol. The summed E-state index contributed by atoms with van der Waals surface area (Å²) >= 11 is 0. The van der Waals surface area contributed by atoms with Crippen molar-refractivity contribution < 1.29 is 27.8 Å². The molecule has 2 fully saturated rings. The average molecular weight is 578 g/mol. The molecule has 42 heavy (non-hydrogen) atoms. The number of nitrogens with zero attached hydrogens (tertiary/aromatic N) is 1. The van der Waals surface area contributed by atoms with Gasteiger partial charge in [-0.1, -0.05) is 39.5 Å². The number of hydrogen-bond acceptors (Lipinski definition) is 5. The van der Waals surface area contributed by atoms with Gasteiger partial charge in [0.25, 0.3) is 0 Å². The average Bonchev–Trinajstić information content (AvgIpc) is 3.00. The lowest BCUT2D eigenvalue weighted by atomic mass is 9.80. The quantitative estimate of drug-likeness (QED) is 0.187. The third kappa shape index (κ3) is 6.99. The summed E-state index contributed by atoms with van der Waals surface area (Å²) in [7, 11) is 0. The molecule has 1 aromatic heterocycles. The number of pyridine rings is 1. The molecule has 0 unspecified atom stereocenters. The van der Waals surface area contributed by atoms with E-state index in [4.69, 9.17) is 14.5 Å². The minimum absolute atomic E-state index is 0.150. The molecule has 7 heteroatoms. The van der Waals surface area contributed by atoms with E-state index in [2.05, 4.69) is 13.8 Å². The Hall–Kier alpha value is -3.35. The third-order valence-corrected chi connectivity index (χ3v) is 9.17. The van der Waals surface area contributed by atoms with Crippen molar-refractivity contribution in [3.63, 3.8) is 0 Å². The molecular weight excluding hydrogens is 536 g/mol. The Balaban J connectivity index is 1.41. The van der Waals surface area contributed by atoms with Crippen molar-refractivity contribution in [1.29, 1.82) is 0 Å². The van der Waals surface area contributed by atoms with E-state index in [0.29, 0.717) is 39.7 Å². The van der Waals surface area contributed by atoms with Gasteiger partial charge in [0, 0.05) is 10.9 Å². The van der Waals surface area contributed by atoms with Gasteiger partial charge in [-0.05, 0) is 106 Å². The van der Waals surface area contributed by atoms with E-state index in [9.17, 15) is 18.4 Å². The molecular formula is C35H41F2NO4. The van der Waals surface area contributed by atoms with Gasteiger partial charge in [0.15, 0.2) is 17.4 Å². The standard InChI is InChI=1S/C35H41F2NO4/c1-3-5-22-7-11-24(12-8-22)34(39)41-31-19-20-32(42-35(40)25-13-9-23(6-4-2)10-14-25)33-27(31)16-18-30(38-33)26-15-17-28(36)29(37)21-26/h15-25H,3-14H2,1-2H3. The molecule has 2 aliphatic rings. The van der Waals surface area contributed by atoms with Gasteiger partial charge in [-0.3, -0.25) is 9.59 Å². The van der Waals surface area contributed by atoms with Gasteiger partial charge in [0.05, 0.1) is 17.5 Å². The number of ether oxygens (including phenoxy) is 2. The van der Waals surface area contributed by atoms with E-state index >= 15 is 0 Å². The second-order valence-corrected chi connectivity index (χ2v) is 12.1. The lowest BCUT2D eigenvalue weighted by Gasteiger charge is -2.27. The van der Waals surface area contributed by atoms with Crippen LogP contribution in [0.2, 0.25) is 0 Å². The van der Waals surface area contributed by atoms with Gasteiger partial charge in [-0.25, -0.2) is 13.8 Å². The maximum atomic E-state index is 14.0. The van der Waals surface area contributed by atoms with Crippen molar-refractivity contribution in [2.75, 3.05) is 0 Å². The molecule has 0 spiro atoms. The second-order valence-electron chi connectivity index (χ2n) is 12.1. The topological polar surface area (TPSA) is 65.5 Å². The van der Waals surface area contributed by atoms with E-state index in [-0.39, 0.29) is 29.5 Å². The van der Waals surface area contributed by atoms with Gasteiger partial charge in [-0.2, -0.15) is 0 Å². The molecule has 224 valence electrons. The maximum absolute atomic E-state index is 14.0. The van der Waals surface area contributed by atoms with Crippen LogP contribution in [0.15, 0.2) is 42.5 Å². The van der Waals surface area contributed by atoms with Crippen LogP contribution >= 0.6 is 0 Å². The first-order valence-corrected chi connectivity index (χ1v) is 15.7. The molecule has 2 aromatic carbocycles. The van der Waals surface area contributed by atoms with Crippen molar-refractivity contribution in [2.24, 2.45) is 23.7 Å². The van der Waals surface area contributed by atoms with Crippen LogP contribution in [-0.2, 0) is 9.59 Å². The molecule has 0 radical (unpaired) electrons. The van der Waals surface area contributed by atoms with Crippen LogP contribution in [0, 0.1) is 35.3 Å². The van der Waals surface area contributed by atoms with Crippen molar-refractivity contribution in [1.82, 2.24) is 4.98 Å². The molecule has 0 saturated heterocycles. The van der Waals surface area contributed by atoms with Crippen LogP contribution in [0.4, 0.5) is 8.78 Å². The van der Waals surface area contributed by atoms with Crippen LogP contribution < -0.4 is 9.47 Å². The number of carbonyl (C=O) groups excluding carboxylic acids is 2. The highest BCUT2D eigenvalue weighted by atomic mass is 19.2. The van der Waals surface area contributed by atoms with Crippen LogP contribution in [0.1, 0.15) is 90.9 Å². The maximum Gasteiger partial charge on any atom is 0.314 e. The zero-order valence-electron chi connectivity index (χ0n) is 24.7. The molecule has 0 bridgehead atoms. The van der Waals surface area contributed by atoms with Gasteiger partial charge < -0.3 is 9.47 Å². The summed E-state index contributed by atoms with van der Waals surface area (Å²) in [6.07, 6.45) is 12.0. The number of aromatic nitrogens is 1. The summed E-state index contributed by atoms with van der Waals surface area (Å²) in [5.74, 6) is -0.859. The minimum Gasteiger partial charge on any atom is -0.426 e. The molecule has 0 amide bonds. The summed E-state index contributed by atoms with van der Waals surface area (Å²) in [4.78, 5) is 31.1. The number of benzene rings is 2. The lowest BCUT2D eigenvalue weighted by Crippen LogP contribution is -2.26. The largest absolute Gasteiger partial charge is 0.426 e. The molecule has 0 atom stereocenters. The van der Waals surface area contributed by atoms with Crippen molar-refractivity contribution in [2.45, 2.75) is 90.9 Å².